The van der Waals surface area contributed by atoms with Gasteiger partial charge in [-0.1, -0.05) is 57.0 Å². The number of rotatable bonds is 4. The molecule has 0 fully saturated rings. The minimum Gasteiger partial charge on any atom is -0.493 e. The van der Waals surface area contributed by atoms with Crippen molar-refractivity contribution in [2.45, 2.75) is 71.1 Å². The maximum absolute atomic E-state index is 6.12. The number of hydrogen-bond acceptors (Lipinski definition) is 1. The fourth-order valence-corrected chi connectivity index (χ4v) is 3.58. The SMILES string of the molecule is CCCCOc1cc(Br)cc2c1C(C)(C)CCC2(C)C. The minimum atomic E-state index is 0.201. The Hall–Kier alpha value is -0.500. The van der Waals surface area contributed by atoms with Crippen LogP contribution >= 0.6 is 15.9 Å². The molecule has 0 bridgehead atoms. The fraction of sp³-hybridized carbons (Fsp3) is 0.667. The van der Waals surface area contributed by atoms with Crippen molar-refractivity contribution in [3.05, 3.63) is 27.7 Å². The normalized spacial score (nSPS) is 19.5. The standard InChI is InChI=1S/C18H27BrO/c1-6-7-10-20-15-12-13(19)11-14-16(15)18(4,5)9-8-17(14,2)3/h11-12H,6-10H2,1-5H3. The molecule has 1 nitrogen and oxygen atoms in total. The summed E-state index contributed by atoms with van der Waals surface area (Å²) in [4.78, 5) is 0. The van der Waals surface area contributed by atoms with Gasteiger partial charge in [-0.15, -0.1) is 0 Å². The minimum absolute atomic E-state index is 0.201. The highest BCUT2D eigenvalue weighted by molar-refractivity contribution is 9.10. The van der Waals surface area contributed by atoms with Gasteiger partial charge in [0.1, 0.15) is 5.75 Å². The summed E-state index contributed by atoms with van der Waals surface area (Å²) < 4.78 is 7.26. The molecule has 0 radical (unpaired) electrons. The van der Waals surface area contributed by atoms with E-state index in [1.54, 1.807) is 0 Å². The molecule has 2 heteroatoms. The maximum Gasteiger partial charge on any atom is 0.124 e. The Morgan fingerprint density at radius 1 is 1.10 bits per heavy atom. The third kappa shape index (κ3) is 3.05. The Kier molecular flexibility index (Phi) is 4.53. The topological polar surface area (TPSA) is 9.23 Å². The van der Waals surface area contributed by atoms with E-state index in [9.17, 15) is 0 Å². The predicted molar refractivity (Wildman–Crippen MR) is 89.8 cm³/mol. The summed E-state index contributed by atoms with van der Waals surface area (Å²) in [7, 11) is 0. The molecule has 0 unspecified atom stereocenters. The van der Waals surface area contributed by atoms with Crippen LogP contribution in [0.15, 0.2) is 16.6 Å². The Morgan fingerprint density at radius 3 is 2.40 bits per heavy atom. The van der Waals surface area contributed by atoms with Gasteiger partial charge in [0, 0.05) is 10.0 Å². The number of hydrogen-bond donors (Lipinski definition) is 0. The zero-order chi connectivity index (χ0) is 15.0. The van der Waals surface area contributed by atoms with Gasteiger partial charge < -0.3 is 4.74 Å². The quantitative estimate of drug-likeness (QED) is 0.614. The van der Waals surface area contributed by atoms with Crippen molar-refractivity contribution in [2.75, 3.05) is 6.61 Å². The third-order valence-electron chi connectivity index (χ3n) is 4.60. The van der Waals surface area contributed by atoms with Crippen molar-refractivity contribution in [1.29, 1.82) is 0 Å². The second-order valence-corrected chi connectivity index (χ2v) is 8.21. The van der Waals surface area contributed by atoms with Crippen LogP contribution in [0.3, 0.4) is 0 Å². The summed E-state index contributed by atoms with van der Waals surface area (Å²) in [5.74, 6) is 1.08. The van der Waals surface area contributed by atoms with E-state index in [2.05, 4.69) is 62.7 Å². The van der Waals surface area contributed by atoms with Crippen molar-refractivity contribution in [1.82, 2.24) is 0 Å². The van der Waals surface area contributed by atoms with E-state index in [1.807, 2.05) is 0 Å². The molecule has 0 atom stereocenters. The highest BCUT2D eigenvalue weighted by Gasteiger charge is 2.39. The molecule has 0 amide bonds. The molecule has 1 aliphatic rings. The molecule has 1 aromatic carbocycles. The number of halogens is 1. The van der Waals surface area contributed by atoms with Crippen molar-refractivity contribution < 1.29 is 4.74 Å². The summed E-state index contributed by atoms with van der Waals surface area (Å²) in [5, 5.41) is 0. The van der Waals surface area contributed by atoms with Gasteiger partial charge >= 0.3 is 0 Å². The van der Waals surface area contributed by atoms with Gasteiger partial charge in [0.25, 0.3) is 0 Å². The lowest BCUT2D eigenvalue weighted by Gasteiger charge is -2.42. The Bertz CT molecular complexity index is 488. The average molecular weight is 339 g/mol. The second kappa shape index (κ2) is 5.71. The van der Waals surface area contributed by atoms with Gasteiger partial charge in [0.2, 0.25) is 0 Å². The summed E-state index contributed by atoms with van der Waals surface area (Å²) in [6.45, 7) is 12.4. The van der Waals surface area contributed by atoms with Crippen LogP contribution in [0.4, 0.5) is 0 Å². The van der Waals surface area contributed by atoms with Crippen LogP contribution in [0.5, 0.6) is 5.75 Å². The molecule has 0 saturated carbocycles. The van der Waals surface area contributed by atoms with Gasteiger partial charge in [-0.2, -0.15) is 0 Å². The van der Waals surface area contributed by atoms with Crippen molar-refractivity contribution in [3.8, 4) is 5.75 Å². The highest BCUT2D eigenvalue weighted by atomic mass is 79.9. The van der Waals surface area contributed by atoms with Crippen LogP contribution < -0.4 is 4.74 Å². The lowest BCUT2D eigenvalue weighted by atomic mass is 9.63. The fourth-order valence-electron chi connectivity index (χ4n) is 3.14. The number of benzene rings is 1. The zero-order valence-electron chi connectivity index (χ0n) is 13.5. The molecular weight excluding hydrogens is 312 g/mol. The first-order valence-corrected chi connectivity index (χ1v) is 8.54. The first-order valence-electron chi connectivity index (χ1n) is 7.75. The lowest BCUT2D eigenvalue weighted by Crippen LogP contribution is -2.34. The Morgan fingerprint density at radius 2 is 1.75 bits per heavy atom. The second-order valence-electron chi connectivity index (χ2n) is 7.30. The molecule has 112 valence electrons. The molecule has 1 aliphatic carbocycles. The van der Waals surface area contributed by atoms with E-state index in [0.717, 1.165) is 23.2 Å². The molecule has 0 spiro atoms. The van der Waals surface area contributed by atoms with Crippen molar-refractivity contribution in [2.24, 2.45) is 0 Å². The zero-order valence-corrected chi connectivity index (χ0v) is 15.1. The van der Waals surface area contributed by atoms with Crippen LogP contribution in [0, 0.1) is 0 Å². The number of ether oxygens (including phenoxy) is 1. The van der Waals surface area contributed by atoms with Crippen molar-refractivity contribution in [3.63, 3.8) is 0 Å². The Labute approximate surface area is 132 Å². The summed E-state index contributed by atoms with van der Waals surface area (Å²) in [6, 6.07) is 4.45. The third-order valence-corrected chi connectivity index (χ3v) is 5.06. The molecule has 1 aromatic rings. The number of fused-ring (bicyclic) bond motifs is 1. The van der Waals surface area contributed by atoms with E-state index < -0.39 is 0 Å². The summed E-state index contributed by atoms with van der Waals surface area (Å²) in [5.41, 5.74) is 3.31. The van der Waals surface area contributed by atoms with E-state index >= 15 is 0 Å². The van der Waals surface area contributed by atoms with Crippen LogP contribution in [0.2, 0.25) is 0 Å². The van der Waals surface area contributed by atoms with Crippen LogP contribution in [-0.2, 0) is 10.8 Å². The molecule has 0 saturated heterocycles. The molecule has 2 rings (SSSR count). The lowest BCUT2D eigenvalue weighted by molar-refractivity contribution is 0.277. The van der Waals surface area contributed by atoms with Crippen LogP contribution in [0.25, 0.3) is 0 Å². The maximum atomic E-state index is 6.12. The van der Waals surface area contributed by atoms with Gasteiger partial charge in [0.05, 0.1) is 6.61 Å². The molecule has 0 aromatic heterocycles. The predicted octanol–water partition coefficient (Wildman–Crippen LogP) is 5.98. The molecule has 0 N–H and O–H groups in total. The molecular formula is C18H27BrO. The summed E-state index contributed by atoms with van der Waals surface area (Å²) >= 11 is 3.66. The monoisotopic (exact) mass is 338 g/mol. The molecule has 0 aliphatic heterocycles. The first kappa shape index (κ1) is 15.9. The van der Waals surface area contributed by atoms with Crippen molar-refractivity contribution >= 4 is 15.9 Å². The largest absolute Gasteiger partial charge is 0.493 e. The average Bonchev–Trinajstić information content (AvgIpc) is 2.35. The first-order chi connectivity index (χ1) is 9.28. The van der Waals surface area contributed by atoms with Gasteiger partial charge in [-0.3, -0.25) is 0 Å². The van der Waals surface area contributed by atoms with Crippen LogP contribution in [0.1, 0.15) is 71.4 Å². The van der Waals surface area contributed by atoms with Crippen LogP contribution in [-0.4, -0.2) is 6.61 Å². The van der Waals surface area contributed by atoms with E-state index in [4.69, 9.17) is 4.74 Å². The van der Waals surface area contributed by atoms with Gasteiger partial charge in [-0.25, -0.2) is 0 Å². The van der Waals surface area contributed by atoms with E-state index in [0.29, 0.717) is 0 Å². The van der Waals surface area contributed by atoms with Gasteiger partial charge in [-0.05, 0) is 47.8 Å². The highest BCUT2D eigenvalue weighted by Crippen LogP contribution is 2.50. The summed E-state index contributed by atoms with van der Waals surface area (Å²) in [6.07, 6.45) is 4.74. The van der Waals surface area contributed by atoms with E-state index in [1.165, 1.54) is 30.4 Å². The Balaban J connectivity index is 2.50. The molecule has 0 heterocycles. The molecule has 20 heavy (non-hydrogen) atoms. The van der Waals surface area contributed by atoms with Gasteiger partial charge in [0.15, 0.2) is 0 Å². The smallest absolute Gasteiger partial charge is 0.124 e. The van der Waals surface area contributed by atoms with E-state index in [-0.39, 0.29) is 10.8 Å². The number of unbranched alkanes of at least 4 members (excludes halogenated alkanes) is 1.